The first-order chi connectivity index (χ1) is 8.63. The zero-order chi connectivity index (χ0) is 13.1. The minimum absolute atomic E-state index is 0.0720. The fraction of sp³-hybridized carbons (Fsp3) is 0.583. The Morgan fingerprint density at radius 1 is 1.33 bits per heavy atom. The number of aromatic nitrogens is 2. The highest BCUT2D eigenvalue weighted by molar-refractivity contribution is 5.95. The van der Waals surface area contributed by atoms with Crippen LogP contribution in [0.1, 0.15) is 47.2 Å². The van der Waals surface area contributed by atoms with Gasteiger partial charge in [-0.05, 0) is 26.2 Å². The van der Waals surface area contributed by atoms with Crippen LogP contribution in [-0.4, -0.2) is 44.8 Å². The third-order valence-electron chi connectivity index (χ3n) is 3.16. The third kappa shape index (κ3) is 2.37. The molecule has 0 atom stereocenters. The molecule has 1 aliphatic rings. The summed E-state index contributed by atoms with van der Waals surface area (Å²) in [6, 6.07) is 1.36. The highest BCUT2D eigenvalue weighted by atomic mass is 16.4. The summed E-state index contributed by atoms with van der Waals surface area (Å²) in [5.41, 5.74) is 0.300. The minimum atomic E-state index is -1.10. The van der Waals surface area contributed by atoms with Crippen molar-refractivity contribution in [2.24, 2.45) is 0 Å². The molecular weight excluding hydrogens is 234 g/mol. The normalized spacial score (nSPS) is 15.7. The van der Waals surface area contributed by atoms with Gasteiger partial charge in [0.2, 0.25) is 0 Å². The van der Waals surface area contributed by atoms with Crippen LogP contribution in [-0.2, 0) is 6.54 Å². The quantitative estimate of drug-likeness (QED) is 0.876. The summed E-state index contributed by atoms with van der Waals surface area (Å²) < 4.78 is 1.46. The van der Waals surface area contributed by atoms with Crippen LogP contribution >= 0.6 is 0 Å². The van der Waals surface area contributed by atoms with E-state index in [0.29, 0.717) is 12.2 Å². The SMILES string of the molecule is CCn1nc(C(=O)O)cc1C(=O)N1CCCCC1. The van der Waals surface area contributed by atoms with Gasteiger partial charge in [0.1, 0.15) is 5.69 Å². The first kappa shape index (κ1) is 12.6. The second kappa shape index (κ2) is 5.20. The number of hydrogen-bond donors (Lipinski definition) is 1. The van der Waals surface area contributed by atoms with Crippen molar-refractivity contribution in [1.29, 1.82) is 0 Å². The van der Waals surface area contributed by atoms with Crippen molar-refractivity contribution in [1.82, 2.24) is 14.7 Å². The van der Waals surface area contributed by atoms with Gasteiger partial charge in [0.15, 0.2) is 5.69 Å². The summed E-state index contributed by atoms with van der Waals surface area (Å²) in [4.78, 5) is 24.9. The molecule has 1 fully saturated rings. The summed E-state index contributed by atoms with van der Waals surface area (Å²) in [6.45, 7) is 3.82. The number of carboxylic acids is 1. The topological polar surface area (TPSA) is 75.4 Å². The third-order valence-corrected chi connectivity index (χ3v) is 3.16. The van der Waals surface area contributed by atoms with Gasteiger partial charge in [0.25, 0.3) is 5.91 Å². The number of aryl methyl sites for hydroxylation is 1. The monoisotopic (exact) mass is 251 g/mol. The van der Waals surface area contributed by atoms with Crippen molar-refractivity contribution in [2.45, 2.75) is 32.7 Å². The van der Waals surface area contributed by atoms with E-state index in [0.717, 1.165) is 32.4 Å². The highest BCUT2D eigenvalue weighted by Gasteiger charge is 2.23. The van der Waals surface area contributed by atoms with Gasteiger partial charge in [-0.2, -0.15) is 5.10 Å². The van der Waals surface area contributed by atoms with E-state index < -0.39 is 5.97 Å². The Balaban J connectivity index is 2.25. The van der Waals surface area contributed by atoms with Crippen molar-refractivity contribution in [3.05, 3.63) is 17.5 Å². The molecule has 2 heterocycles. The molecule has 1 saturated heterocycles. The van der Waals surface area contributed by atoms with Gasteiger partial charge in [-0.25, -0.2) is 4.79 Å². The standard InChI is InChI=1S/C12H17N3O3/c1-2-15-10(8-9(13-15)12(17)18)11(16)14-6-4-3-5-7-14/h8H,2-7H2,1H3,(H,17,18). The van der Waals surface area contributed by atoms with Crippen molar-refractivity contribution in [2.75, 3.05) is 13.1 Å². The van der Waals surface area contributed by atoms with Crippen LogP contribution in [0.2, 0.25) is 0 Å². The van der Waals surface area contributed by atoms with Crippen LogP contribution in [0.25, 0.3) is 0 Å². The molecule has 18 heavy (non-hydrogen) atoms. The molecule has 0 bridgehead atoms. The van der Waals surface area contributed by atoms with E-state index in [4.69, 9.17) is 5.11 Å². The molecule has 0 unspecified atom stereocenters. The zero-order valence-corrected chi connectivity index (χ0v) is 10.4. The lowest BCUT2D eigenvalue weighted by Gasteiger charge is -2.26. The average Bonchev–Trinajstić information content (AvgIpc) is 2.83. The molecule has 0 aromatic carbocycles. The summed E-state index contributed by atoms with van der Waals surface area (Å²) in [5.74, 6) is -1.22. The maximum atomic E-state index is 12.3. The van der Waals surface area contributed by atoms with E-state index in [1.54, 1.807) is 4.90 Å². The lowest BCUT2D eigenvalue weighted by Crippen LogP contribution is -2.36. The number of carboxylic acid groups (broad SMARTS) is 1. The molecule has 0 spiro atoms. The van der Waals surface area contributed by atoms with Gasteiger partial charge in [-0.1, -0.05) is 0 Å². The molecule has 0 saturated carbocycles. The molecule has 1 aromatic heterocycles. The van der Waals surface area contributed by atoms with E-state index in [9.17, 15) is 9.59 Å². The minimum Gasteiger partial charge on any atom is -0.476 e. The largest absolute Gasteiger partial charge is 0.476 e. The van der Waals surface area contributed by atoms with E-state index in [1.165, 1.54) is 10.7 Å². The lowest BCUT2D eigenvalue weighted by atomic mass is 10.1. The number of hydrogen-bond acceptors (Lipinski definition) is 3. The molecule has 6 heteroatoms. The molecular formula is C12H17N3O3. The number of amides is 1. The van der Waals surface area contributed by atoms with E-state index in [2.05, 4.69) is 5.10 Å². The van der Waals surface area contributed by atoms with Crippen LogP contribution in [0.4, 0.5) is 0 Å². The Morgan fingerprint density at radius 3 is 2.56 bits per heavy atom. The summed E-state index contributed by atoms with van der Waals surface area (Å²) in [6.07, 6.45) is 3.17. The second-order valence-corrected chi connectivity index (χ2v) is 4.39. The van der Waals surface area contributed by atoms with Crippen LogP contribution in [0.15, 0.2) is 6.07 Å². The summed E-state index contributed by atoms with van der Waals surface area (Å²) in [5, 5.41) is 12.8. The molecule has 2 rings (SSSR count). The van der Waals surface area contributed by atoms with Crippen molar-refractivity contribution < 1.29 is 14.7 Å². The summed E-state index contributed by atoms with van der Waals surface area (Å²) >= 11 is 0. The number of carbonyl (C=O) groups is 2. The molecule has 1 aromatic rings. The predicted octanol–water partition coefficient (Wildman–Crippen LogP) is 1.23. The molecule has 1 aliphatic heterocycles. The molecule has 6 nitrogen and oxygen atoms in total. The molecule has 1 amide bonds. The number of piperidine rings is 1. The Hall–Kier alpha value is -1.85. The fourth-order valence-electron chi connectivity index (χ4n) is 2.19. The summed E-state index contributed by atoms with van der Waals surface area (Å²) in [7, 11) is 0. The van der Waals surface area contributed by atoms with Gasteiger partial charge >= 0.3 is 5.97 Å². The Morgan fingerprint density at radius 2 is 2.00 bits per heavy atom. The molecule has 0 radical (unpaired) electrons. The Kier molecular flexibility index (Phi) is 3.64. The first-order valence-electron chi connectivity index (χ1n) is 6.24. The first-order valence-corrected chi connectivity index (χ1v) is 6.24. The number of likely N-dealkylation sites (tertiary alicyclic amines) is 1. The molecule has 98 valence electrons. The maximum Gasteiger partial charge on any atom is 0.356 e. The number of rotatable bonds is 3. The van der Waals surface area contributed by atoms with Crippen molar-refractivity contribution in [3.63, 3.8) is 0 Å². The van der Waals surface area contributed by atoms with Crippen LogP contribution < -0.4 is 0 Å². The van der Waals surface area contributed by atoms with Gasteiger partial charge < -0.3 is 10.0 Å². The van der Waals surface area contributed by atoms with Gasteiger partial charge in [0, 0.05) is 25.7 Å². The maximum absolute atomic E-state index is 12.3. The zero-order valence-electron chi connectivity index (χ0n) is 10.4. The highest BCUT2D eigenvalue weighted by Crippen LogP contribution is 2.14. The Bertz CT molecular complexity index is 461. The van der Waals surface area contributed by atoms with Crippen LogP contribution in [0.5, 0.6) is 0 Å². The van der Waals surface area contributed by atoms with Crippen molar-refractivity contribution in [3.8, 4) is 0 Å². The molecule has 1 N–H and O–H groups in total. The van der Waals surface area contributed by atoms with Crippen LogP contribution in [0, 0.1) is 0 Å². The van der Waals surface area contributed by atoms with Gasteiger partial charge in [0.05, 0.1) is 0 Å². The van der Waals surface area contributed by atoms with Crippen molar-refractivity contribution >= 4 is 11.9 Å². The van der Waals surface area contributed by atoms with E-state index in [1.807, 2.05) is 6.92 Å². The average molecular weight is 251 g/mol. The van der Waals surface area contributed by atoms with Crippen LogP contribution in [0.3, 0.4) is 0 Å². The predicted molar refractivity (Wildman–Crippen MR) is 64.6 cm³/mol. The fourth-order valence-corrected chi connectivity index (χ4v) is 2.19. The number of aromatic carboxylic acids is 1. The van der Waals surface area contributed by atoms with Gasteiger partial charge in [-0.3, -0.25) is 9.48 Å². The smallest absolute Gasteiger partial charge is 0.356 e. The Labute approximate surface area is 105 Å². The van der Waals surface area contributed by atoms with E-state index >= 15 is 0 Å². The number of nitrogens with zero attached hydrogens (tertiary/aromatic N) is 3. The van der Waals surface area contributed by atoms with E-state index in [-0.39, 0.29) is 11.6 Å². The van der Waals surface area contributed by atoms with Gasteiger partial charge in [-0.15, -0.1) is 0 Å². The molecule has 0 aliphatic carbocycles. The second-order valence-electron chi connectivity index (χ2n) is 4.39. The lowest BCUT2D eigenvalue weighted by molar-refractivity contribution is 0.0686. The number of carbonyl (C=O) groups excluding carboxylic acids is 1.